The lowest BCUT2D eigenvalue weighted by atomic mass is 9.96. The Morgan fingerprint density at radius 1 is 1.09 bits per heavy atom. The lowest BCUT2D eigenvalue weighted by Gasteiger charge is -2.36. The molecule has 0 aliphatic carbocycles. The number of amides is 1. The van der Waals surface area contributed by atoms with Gasteiger partial charge in [-0.1, -0.05) is 22.4 Å². The van der Waals surface area contributed by atoms with Crippen LogP contribution in [0.3, 0.4) is 0 Å². The molecule has 32 heavy (non-hydrogen) atoms. The van der Waals surface area contributed by atoms with E-state index in [1.807, 2.05) is 0 Å². The van der Waals surface area contributed by atoms with Crippen molar-refractivity contribution in [1.82, 2.24) is 15.3 Å². The van der Waals surface area contributed by atoms with Crippen molar-refractivity contribution in [2.24, 2.45) is 0 Å². The molecular formula is C22H18FN5O4. The van der Waals surface area contributed by atoms with E-state index in [4.69, 9.17) is 13.8 Å². The Hall–Kier alpha value is -4.21. The third-order valence-electron chi connectivity index (χ3n) is 5.28. The van der Waals surface area contributed by atoms with E-state index in [-0.39, 0.29) is 17.3 Å². The highest BCUT2D eigenvalue weighted by Gasteiger charge is 2.30. The number of pyridine rings is 1. The smallest absolute Gasteiger partial charge is 0.260 e. The van der Waals surface area contributed by atoms with Crippen LogP contribution in [0.5, 0.6) is 5.88 Å². The SMILES string of the molecule is COc1nc(-c2cnoc2)c(N2CCC2)c(-c2ccc(F)cc2)c1NC(=O)c1cnoc1. The van der Waals surface area contributed by atoms with Crippen LogP contribution in [-0.2, 0) is 0 Å². The summed E-state index contributed by atoms with van der Waals surface area (Å²) in [4.78, 5) is 19.7. The second-order valence-corrected chi connectivity index (χ2v) is 7.20. The van der Waals surface area contributed by atoms with Crippen molar-refractivity contribution in [2.75, 3.05) is 30.4 Å². The zero-order valence-electron chi connectivity index (χ0n) is 17.0. The van der Waals surface area contributed by atoms with E-state index < -0.39 is 5.91 Å². The molecule has 1 aromatic carbocycles. The maximum absolute atomic E-state index is 13.7. The van der Waals surface area contributed by atoms with Gasteiger partial charge in [-0.25, -0.2) is 9.37 Å². The fourth-order valence-corrected chi connectivity index (χ4v) is 3.59. The van der Waals surface area contributed by atoms with Crippen LogP contribution in [-0.4, -0.2) is 41.4 Å². The van der Waals surface area contributed by atoms with Gasteiger partial charge in [0.1, 0.15) is 29.7 Å². The fourth-order valence-electron chi connectivity index (χ4n) is 3.59. The minimum Gasteiger partial charge on any atom is -0.479 e. The highest BCUT2D eigenvalue weighted by molar-refractivity contribution is 6.09. The zero-order chi connectivity index (χ0) is 22.1. The first-order chi connectivity index (χ1) is 15.7. The average molecular weight is 435 g/mol. The number of nitrogens with zero attached hydrogens (tertiary/aromatic N) is 4. The van der Waals surface area contributed by atoms with Crippen LogP contribution < -0.4 is 15.0 Å². The van der Waals surface area contributed by atoms with Crippen LogP contribution >= 0.6 is 0 Å². The van der Waals surface area contributed by atoms with Gasteiger partial charge >= 0.3 is 0 Å². The molecule has 0 atom stereocenters. The molecule has 0 saturated carbocycles. The summed E-state index contributed by atoms with van der Waals surface area (Å²) in [5, 5.41) is 10.3. The summed E-state index contributed by atoms with van der Waals surface area (Å²) >= 11 is 0. The molecule has 3 aromatic heterocycles. The Balaban J connectivity index is 1.77. The van der Waals surface area contributed by atoms with Crippen LogP contribution in [0.4, 0.5) is 15.8 Å². The molecule has 1 fully saturated rings. The number of methoxy groups -OCH3 is 1. The van der Waals surface area contributed by atoms with Gasteiger partial charge in [-0.15, -0.1) is 0 Å². The van der Waals surface area contributed by atoms with E-state index in [1.54, 1.807) is 18.3 Å². The van der Waals surface area contributed by atoms with Gasteiger partial charge in [0.2, 0.25) is 5.88 Å². The molecule has 1 aliphatic rings. The number of benzene rings is 1. The molecule has 1 amide bonds. The number of nitrogens with one attached hydrogen (secondary N) is 1. The van der Waals surface area contributed by atoms with Gasteiger partial charge in [0.05, 0.1) is 36.3 Å². The Kier molecular flexibility index (Phi) is 5.02. The minimum atomic E-state index is -0.443. The molecule has 1 saturated heterocycles. The van der Waals surface area contributed by atoms with Crippen molar-refractivity contribution in [2.45, 2.75) is 6.42 Å². The Morgan fingerprint density at radius 3 is 2.44 bits per heavy atom. The Labute approximate surface area is 181 Å². The van der Waals surface area contributed by atoms with Crippen LogP contribution in [0, 0.1) is 5.82 Å². The van der Waals surface area contributed by atoms with E-state index >= 15 is 0 Å². The number of rotatable bonds is 6. The van der Waals surface area contributed by atoms with Crippen LogP contribution in [0.1, 0.15) is 16.8 Å². The number of aromatic nitrogens is 3. The first-order valence-electron chi connectivity index (χ1n) is 9.89. The molecule has 1 aliphatic heterocycles. The second kappa shape index (κ2) is 8.14. The van der Waals surface area contributed by atoms with E-state index in [0.717, 1.165) is 25.2 Å². The van der Waals surface area contributed by atoms with Crippen molar-refractivity contribution in [3.8, 4) is 28.3 Å². The number of ether oxygens (including phenoxy) is 1. The van der Waals surface area contributed by atoms with Gasteiger partial charge in [0.25, 0.3) is 5.91 Å². The molecule has 0 bridgehead atoms. The van der Waals surface area contributed by atoms with E-state index in [2.05, 4.69) is 25.5 Å². The van der Waals surface area contributed by atoms with Crippen LogP contribution in [0.25, 0.3) is 22.4 Å². The summed E-state index contributed by atoms with van der Waals surface area (Å²) in [7, 11) is 1.46. The second-order valence-electron chi connectivity index (χ2n) is 7.20. The number of carbonyl (C=O) groups excluding carboxylic acids is 1. The van der Waals surface area contributed by atoms with E-state index in [1.165, 1.54) is 38.0 Å². The van der Waals surface area contributed by atoms with E-state index in [9.17, 15) is 9.18 Å². The van der Waals surface area contributed by atoms with Gasteiger partial charge in [0.15, 0.2) is 0 Å². The molecule has 0 radical (unpaired) electrons. The average Bonchev–Trinajstić information content (AvgIpc) is 3.48. The van der Waals surface area contributed by atoms with Gasteiger partial charge in [-0.2, -0.15) is 0 Å². The summed E-state index contributed by atoms with van der Waals surface area (Å²) in [5.41, 5.74) is 3.95. The highest BCUT2D eigenvalue weighted by Crippen LogP contribution is 2.48. The van der Waals surface area contributed by atoms with Crippen LogP contribution in [0.15, 0.2) is 58.2 Å². The largest absolute Gasteiger partial charge is 0.479 e. The minimum absolute atomic E-state index is 0.189. The standard InChI is InChI=1S/C22H18FN5O4/c1-30-22-19(26-21(29)15-10-25-32-12-15)17(13-3-5-16(23)6-4-13)20(28-7-2-8-28)18(27-22)14-9-24-31-11-14/h3-6,9-12H,2,7-8H2,1H3,(H,26,29). The summed E-state index contributed by atoms with van der Waals surface area (Å²) < 4.78 is 29.1. The maximum Gasteiger partial charge on any atom is 0.260 e. The molecule has 10 heteroatoms. The maximum atomic E-state index is 13.7. The molecule has 1 N–H and O–H groups in total. The molecule has 9 nitrogen and oxygen atoms in total. The van der Waals surface area contributed by atoms with E-state index in [0.29, 0.717) is 28.1 Å². The lowest BCUT2D eigenvalue weighted by molar-refractivity contribution is 0.102. The molecule has 0 spiro atoms. The predicted molar refractivity (Wildman–Crippen MR) is 113 cm³/mol. The topological polar surface area (TPSA) is 107 Å². The Morgan fingerprint density at radius 2 is 1.84 bits per heavy atom. The molecular weight excluding hydrogens is 417 g/mol. The first kappa shape index (κ1) is 19.7. The van der Waals surface area contributed by atoms with Crippen molar-refractivity contribution < 1.29 is 23.0 Å². The summed E-state index contributed by atoms with van der Waals surface area (Å²) in [5.74, 6) is -0.619. The summed E-state index contributed by atoms with van der Waals surface area (Å²) in [6, 6.07) is 6.04. The van der Waals surface area contributed by atoms with Crippen LogP contribution in [0.2, 0.25) is 0 Å². The number of carbonyl (C=O) groups is 1. The summed E-state index contributed by atoms with van der Waals surface area (Å²) in [6.45, 7) is 1.61. The highest BCUT2D eigenvalue weighted by atomic mass is 19.1. The Bertz CT molecular complexity index is 1240. The quantitative estimate of drug-likeness (QED) is 0.484. The van der Waals surface area contributed by atoms with Gasteiger partial charge in [-0.3, -0.25) is 4.79 Å². The van der Waals surface area contributed by atoms with Gasteiger partial charge < -0.3 is 24.0 Å². The van der Waals surface area contributed by atoms with Gasteiger partial charge in [0, 0.05) is 18.7 Å². The first-order valence-corrected chi connectivity index (χ1v) is 9.89. The van der Waals surface area contributed by atoms with Crippen molar-refractivity contribution in [3.63, 3.8) is 0 Å². The normalized spacial score (nSPS) is 13.0. The third kappa shape index (κ3) is 3.45. The molecule has 5 rings (SSSR count). The molecule has 4 heterocycles. The summed E-state index contributed by atoms with van der Waals surface area (Å²) in [6.07, 6.45) is 6.63. The zero-order valence-corrected chi connectivity index (χ0v) is 17.0. The van der Waals surface area contributed by atoms with Crippen molar-refractivity contribution in [3.05, 3.63) is 60.6 Å². The molecule has 4 aromatic rings. The third-order valence-corrected chi connectivity index (χ3v) is 5.28. The lowest BCUT2D eigenvalue weighted by Crippen LogP contribution is -2.38. The molecule has 0 unspecified atom stereocenters. The number of halogens is 1. The number of hydrogen-bond acceptors (Lipinski definition) is 8. The monoisotopic (exact) mass is 435 g/mol. The number of hydrogen-bond donors (Lipinski definition) is 1. The molecule has 162 valence electrons. The van der Waals surface area contributed by atoms with Crippen molar-refractivity contribution >= 4 is 17.3 Å². The number of anilines is 2. The fraction of sp³-hybridized carbons (Fsp3) is 0.182. The van der Waals surface area contributed by atoms with Crippen molar-refractivity contribution in [1.29, 1.82) is 0 Å². The predicted octanol–water partition coefficient (Wildman–Crippen LogP) is 4.00. The van der Waals surface area contributed by atoms with Gasteiger partial charge in [-0.05, 0) is 24.1 Å².